The van der Waals surface area contributed by atoms with Gasteiger partial charge in [0, 0.05) is 12.7 Å². The molecule has 0 bridgehead atoms. The van der Waals surface area contributed by atoms with E-state index < -0.39 is 6.03 Å². The number of urea groups is 1. The molecule has 0 aliphatic carbocycles. The molecule has 0 aliphatic rings. The van der Waals surface area contributed by atoms with Crippen molar-refractivity contribution in [2.45, 2.75) is 26.4 Å². The van der Waals surface area contributed by atoms with Crippen molar-refractivity contribution in [2.75, 3.05) is 6.54 Å². The summed E-state index contributed by atoms with van der Waals surface area (Å²) >= 11 is 1.48. The van der Waals surface area contributed by atoms with Gasteiger partial charge >= 0.3 is 6.03 Å². The molecule has 3 N–H and O–H groups in total. The van der Waals surface area contributed by atoms with Gasteiger partial charge < -0.3 is 20.5 Å². The highest BCUT2D eigenvalue weighted by Crippen LogP contribution is 2.33. The Balaban J connectivity index is 1.64. The van der Waals surface area contributed by atoms with E-state index in [0.717, 1.165) is 21.8 Å². The zero-order chi connectivity index (χ0) is 19.9. The number of nitrogens with two attached hydrogens (primary N) is 1. The van der Waals surface area contributed by atoms with Gasteiger partial charge in [-0.3, -0.25) is 0 Å². The minimum absolute atomic E-state index is 0.135. The Labute approximate surface area is 168 Å². The Morgan fingerprint density at radius 3 is 2.64 bits per heavy atom. The monoisotopic (exact) mass is 397 g/mol. The maximum absolute atomic E-state index is 10.8. The SMILES string of the molecule is CC(C)Oc1ccc(Oc2ncc(-c3cccc(CCNC(N)=O)c3)s2)cc1. The quantitative estimate of drug-likeness (QED) is 0.581. The Morgan fingerprint density at radius 1 is 1.18 bits per heavy atom. The molecule has 6 nitrogen and oxygen atoms in total. The van der Waals surface area contributed by atoms with Gasteiger partial charge in [0.2, 0.25) is 0 Å². The molecule has 0 saturated heterocycles. The van der Waals surface area contributed by atoms with E-state index in [1.165, 1.54) is 11.3 Å². The van der Waals surface area contributed by atoms with Crippen LogP contribution in [0.3, 0.4) is 0 Å². The number of rotatable bonds is 8. The minimum atomic E-state index is -0.510. The first-order chi connectivity index (χ1) is 13.5. The van der Waals surface area contributed by atoms with Crippen molar-refractivity contribution in [1.82, 2.24) is 10.3 Å². The van der Waals surface area contributed by atoms with Gasteiger partial charge in [0.1, 0.15) is 11.5 Å². The number of nitrogens with one attached hydrogen (secondary N) is 1. The number of primary amides is 1. The number of hydrogen-bond donors (Lipinski definition) is 2. The summed E-state index contributed by atoms with van der Waals surface area (Å²) in [5.74, 6) is 1.52. The number of benzene rings is 2. The normalized spacial score (nSPS) is 10.7. The average Bonchev–Trinajstić information content (AvgIpc) is 3.11. The Hall–Kier alpha value is -3.06. The van der Waals surface area contributed by atoms with Crippen LogP contribution in [0.25, 0.3) is 10.4 Å². The lowest BCUT2D eigenvalue weighted by Crippen LogP contribution is -2.30. The van der Waals surface area contributed by atoms with E-state index in [-0.39, 0.29) is 6.10 Å². The first-order valence-electron chi connectivity index (χ1n) is 9.02. The molecule has 3 aromatic rings. The van der Waals surface area contributed by atoms with E-state index in [0.29, 0.717) is 23.9 Å². The topological polar surface area (TPSA) is 86.5 Å². The summed E-state index contributed by atoms with van der Waals surface area (Å²) in [6.07, 6.45) is 2.65. The number of aromatic nitrogens is 1. The van der Waals surface area contributed by atoms with E-state index in [2.05, 4.69) is 16.4 Å². The summed E-state index contributed by atoms with van der Waals surface area (Å²) in [4.78, 5) is 16.2. The van der Waals surface area contributed by atoms with Crippen LogP contribution in [0.2, 0.25) is 0 Å². The Kier molecular flexibility index (Phi) is 6.49. The third-order valence-electron chi connectivity index (χ3n) is 3.81. The first kappa shape index (κ1) is 19.7. The molecule has 0 spiro atoms. The summed E-state index contributed by atoms with van der Waals surface area (Å²) in [5.41, 5.74) is 7.27. The van der Waals surface area contributed by atoms with Crippen LogP contribution < -0.4 is 20.5 Å². The van der Waals surface area contributed by atoms with Gasteiger partial charge in [-0.2, -0.15) is 0 Å². The number of carbonyl (C=O) groups is 1. The summed E-state index contributed by atoms with van der Waals surface area (Å²) in [7, 11) is 0. The van der Waals surface area contributed by atoms with Gasteiger partial charge in [-0.1, -0.05) is 35.6 Å². The summed E-state index contributed by atoms with van der Waals surface area (Å²) in [5, 5.41) is 3.18. The Bertz CT molecular complexity index is 923. The molecule has 2 aromatic carbocycles. The molecule has 2 amide bonds. The number of amides is 2. The number of hydrogen-bond acceptors (Lipinski definition) is 5. The van der Waals surface area contributed by atoms with E-state index in [1.807, 2.05) is 56.3 Å². The van der Waals surface area contributed by atoms with Gasteiger partial charge in [-0.15, -0.1) is 0 Å². The summed E-state index contributed by atoms with van der Waals surface area (Å²) in [6, 6.07) is 15.1. The molecule has 146 valence electrons. The van der Waals surface area contributed by atoms with Crippen LogP contribution in [-0.2, 0) is 6.42 Å². The van der Waals surface area contributed by atoms with Gasteiger partial charge in [0.05, 0.1) is 11.0 Å². The number of thiazole rings is 1. The Morgan fingerprint density at radius 2 is 1.93 bits per heavy atom. The van der Waals surface area contributed by atoms with Crippen molar-refractivity contribution in [2.24, 2.45) is 5.73 Å². The number of carbonyl (C=O) groups excluding carboxylic acids is 1. The molecular formula is C21H23N3O3S. The van der Waals surface area contributed by atoms with Gasteiger partial charge in [0.25, 0.3) is 5.19 Å². The van der Waals surface area contributed by atoms with E-state index in [4.69, 9.17) is 15.2 Å². The van der Waals surface area contributed by atoms with E-state index >= 15 is 0 Å². The van der Waals surface area contributed by atoms with Crippen LogP contribution in [0.5, 0.6) is 16.7 Å². The predicted octanol–water partition coefficient (Wildman–Crippen LogP) is 4.60. The van der Waals surface area contributed by atoms with Gasteiger partial charge in [-0.05, 0) is 55.7 Å². The molecule has 0 unspecified atom stereocenters. The zero-order valence-corrected chi connectivity index (χ0v) is 16.7. The second-order valence-corrected chi connectivity index (χ2v) is 7.47. The van der Waals surface area contributed by atoms with Crippen molar-refractivity contribution in [3.8, 4) is 27.1 Å². The fraction of sp³-hybridized carbons (Fsp3) is 0.238. The fourth-order valence-electron chi connectivity index (χ4n) is 2.61. The number of ether oxygens (including phenoxy) is 2. The van der Waals surface area contributed by atoms with E-state index in [1.54, 1.807) is 6.20 Å². The molecule has 1 heterocycles. The highest BCUT2D eigenvalue weighted by Gasteiger charge is 2.08. The van der Waals surface area contributed by atoms with Crippen LogP contribution >= 0.6 is 11.3 Å². The second-order valence-electron chi connectivity index (χ2n) is 6.47. The molecule has 7 heteroatoms. The highest BCUT2D eigenvalue weighted by atomic mass is 32.1. The van der Waals surface area contributed by atoms with Crippen molar-refractivity contribution < 1.29 is 14.3 Å². The van der Waals surface area contributed by atoms with Gasteiger partial charge in [0.15, 0.2) is 0 Å². The van der Waals surface area contributed by atoms with Gasteiger partial charge in [-0.25, -0.2) is 9.78 Å². The lowest BCUT2D eigenvalue weighted by molar-refractivity contribution is 0.242. The van der Waals surface area contributed by atoms with E-state index in [9.17, 15) is 4.79 Å². The second kappa shape index (κ2) is 9.23. The lowest BCUT2D eigenvalue weighted by Gasteiger charge is -2.09. The average molecular weight is 398 g/mol. The van der Waals surface area contributed by atoms with Crippen LogP contribution in [0.15, 0.2) is 54.7 Å². The largest absolute Gasteiger partial charge is 0.491 e. The molecule has 1 aromatic heterocycles. The molecule has 28 heavy (non-hydrogen) atoms. The van der Waals surface area contributed by atoms with Crippen LogP contribution in [0, 0.1) is 0 Å². The smallest absolute Gasteiger partial charge is 0.312 e. The predicted molar refractivity (Wildman–Crippen MR) is 111 cm³/mol. The molecule has 0 atom stereocenters. The maximum Gasteiger partial charge on any atom is 0.312 e. The van der Waals surface area contributed by atoms with Crippen molar-refractivity contribution in [1.29, 1.82) is 0 Å². The van der Waals surface area contributed by atoms with Crippen LogP contribution in [0.1, 0.15) is 19.4 Å². The zero-order valence-electron chi connectivity index (χ0n) is 15.8. The van der Waals surface area contributed by atoms with Crippen molar-refractivity contribution in [3.63, 3.8) is 0 Å². The first-order valence-corrected chi connectivity index (χ1v) is 9.84. The molecule has 0 fully saturated rings. The molecule has 0 saturated carbocycles. The van der Waals surface area contributed by atoms with Crippen molar-refractivity contribution in [3.05, 3.63) is 60.3 Å². The van der Waals surface area contributed by atoms with Crippen LogP contribution in [-0.4, -0.2) is 23.7 Å². The standard InChI is InChI=1S/C21H23N3O3S/c1-14(2)26-17-6-8-18(9-7-17)27-21-24-13-19(28-21)16-5-3-4-15(12-16)10-11-23-20(22)25/h3-9,12-14H,10-11H2,1-2H3,(H3,22,23,25). The minimum Gasteiger partial charge on any atom is -0.491 e. The van der Waals surface area contributed by atoms with Crippen molar-refractivity contribution >= 4 is 17.4 Å². The summed E-state index contributed by atoms with van der Waals surface area (Å²) in [6.45, 7) is 4.49. The molecule has 0 radical (unpaired) electrons. The molecule has 3 rings (SSSR count). The third-order valence-corrected chi connectivity index (χ3v) is 4.73. The number of nitrogens with zero attached hydrogens (tertiary/aromatic N) is 1. The highest BCUT2D eigenvalue weighted by molar-refractivity contribution is 7.16. The van der Waals surface area contributed by atoms with Crippen LogP contribution in [0.4, 0.5) is 4.79 Å². The molecule has 0 aliphatic heterocycles. The maximum atomic E-state index is 10.8. The lowest BCUT2D eigenvalue weighted by atomic mass is 10.1. The summed E-state index contributed by atoms with van der Waals surface area (Å²) < 4.78 is 11.5. The third kappa shape index (κ3) is 5.72. The fourth-order valence-corrected chi connectivity index (χ4v) is 3.39. The molecular weight excluding hydrogens is 374 g/mol.